The summed E-state index contributed by atoms with van der Waals surface area (Å²) in [4.78, 5) is 27.0. The number of amides is 2. The second-order valence-electron chi connectivity index (χ2n) is 7.10. The summed E-state index contributed by atoms with van der Waals surface area (Å²) in [6, 6.07) is 15.4. The number of carbonyl (C=O) groups is 2. The number of aryl methyl sites for hydroxylation is 2. The summed E-state index contributed by atoms with van der Waals surface area (Å²) in [5.41, 5.74) is 3.65. The van der Waals surface area contributed by atoms with Crippen LogP contribution in [0.25, 0.3) is 0 Å². The molecule has 4 rings (SSSR count). The SMILES string of the molecule is CCc1ccccc1N1C[C@H](c2nnc(NC(=O)c3ccccc3C)s2)CC1=O. The number of para-hydroxylation sites is 1. The fourth-order valence-electron chi connectivity index (χ4n) is 3.62. The molecule has 2 heterocycles. The highest BCUT2D eigenvalue weighted by molar-refractivity contribution is 7.15. The zero-order chi connectivity index (χ0) is 20.4. The van der Waals surface area contributed by atoms with Crippen molar-refractivity contribution in [1.82, 2.24) is 10.2 Å². The monoisotopic (exact) mass is 406 g/mol. The molecule has 29 heavy (non-hydrogen) atoms. The number of aromatic nitrogens is 2. The summed E-state index contributed by atoms with van der Waals surface area (Å²) < 4.78 is 0. The van der Waals surface area contributed by atoms with Crippen LogP contribution in [0.4, 0.5) is 10.8 Å². The minimum absolute atomic E-state index is 0.0194. The van der Waals surface area contributed by atoms with E-state index in [1.54, 1.807) is 6.07 Å². The number of hydrogen-bond acceptors (Lipinski definition) is 5. The molecule has 3 aromatic rings. The molecular formula is C22H22N4O2S. The van der Waals surface area contributed by atoms with E-state index in [0.29, 0.717) is 23.7 Å². The van der Waals surface area contributed by atoms with Gasteiger partial charge in [0.15, 0.2) is 0 Å². The lowest BCUT2D eigenvalue weighted by molar-refractivity contribution is -0.117. The quantitative estimate of drug-likeness (QED) is 0.690. The number of nitrogens with one attached hydrogen (secondary N) is 1. The lowest BCUT2D eigenvalue weighted by Gasteiger charge is -2.19. The van der Waals surface area contributed by atoms with Crippen LogP contribution < -0.4 is 10.2 Å². The Morgan fingerprint density at radius 2 is 1.93 bits per heavy atom. The van der Waals surface area contributed by atoms with E-state index in [2.05, 4.69) is 28.5 Å². The van der Waals surface area contributed by atoms with Crippen molar-refractivity contribution >= 4 is 34.0 Å². The van der Waals surface area contributed by atoms with Crippen molar-refractivity contribution in [3.05, 3.63) is 70.2 Å². The van der Waals surface area contributed by atoms with E-state index in [1.807, 2.05) is 48.2 Å². The molecular weight excluding hydrogens is 384 g/mol. The van der Waals surface area contributed by atoms with Crippen LogP contribution in [0.5, 0.6) is 0 Å². The Morgan fingerprint density at radius 3 is 2.72 bits per heavy atom. The van der Waals surface area contributed by atoms with Crippen molar-refractivity contribution in [2.24, 2.45) is 0 Å². The molecule has 0 radical (unpaired) electrons. The Balaban J connectivity index is 1.48. The predicted octanol–water partition coefficient (Wildman–Crippen LogP) is 4.18. The van der Waals surface area contributed by atoms with Gasteiger partial charge in [0.2, 0.25) is 11.0 Å². The van der Waals surface area contributed by atoms with Crippen LogP contribution in [0.15, 0.2) is 48.5 Å². The first-order valence-corrected chi connectivity index (χ1v) is 10.5. The van der Waals surface area contributed by atoms with E-state index in [9.17, 15) is 9.59 Å². The molecule has 0 saturated carbocycles. The normalized spacial score (nSPS) is 16.3. The summed E-state index contributed by atoms with van der Waals surface area (Å²) in [7, 11) is 0. The highest BCUT2D eigenvalue weighted by Gasteiger charge is 2.34. The van der Waals surface area contributed by atoms with Gasteiger partial charge in [-0.05, 0) is 36.6 Å². The number of nitrogens with zero attached hydrogens (tertiary/aromatic N) is 3. The van der Waals surface area contributed by atoms with E-state index < -0.39 is 0 Å². The second-order valence-corrected chi connectivity index (χ2v) is 8.11. The fraction of sp³-hybridized carbons (Fsp3) is 0.273. The fourth-order valence-corrected chi connectivity index (χ4v) is 4.45. The molecule has 7 heteroatoms. The third-order valence-electron chi connectivity index (χ3n) is 5.19. The molecule has 1 aliphatic rings. The molecule has 1 fully saturated rings. The van der Waals surface area contributed by atoms with Gasteiger partial charge in [-0.25, -0.2) is 0 Å². The smallest absolute Gasteiger partial charge is 0.257 e. The molecule has 2 amide bonds. The van der Waals surface area contributed by atoms with Gasteiger partial charge in [-0.15, -0.1) is 10.2 Å². The highest BCUT2D eigenvalue weighted by atomic mass is 32.1. The van der Waals surface area contributed by atoms with Crippen LogP contribution in [-0.2, 0) is 11.2 Å². The van der Waals surface area contributed by atoms with Gasteiger partial charge in [0, 0.05) is 30.1 Å². The first kappa shape index (κ1) is 19.3. The Labute approximate surface area is 173 Å². The van der Waals surface area contributed by atoms with Crippen LogP contribution in [-0.4, -0.2) is 28.6 Å². The van der Waals surface area contributed by atoms with Crippen LogP contribution in [0.1, 0.15) is 45.8 Å². The van der Waals surface area contributed by atoms with Crippen molar-refractivity contribution in [1.29, 1.82) is 0 Å². The summed E-state index contributed by atoms with van der Waals surface area (Å²) in [6.45, 7) is 4.56. The second kappa shape index (κ2) is 8.13. The molecule has 0 unspecified atom stereocenters. The number of rotatable bonds is 5. The number of anilines is 2. The van der Waals surface area contributed by atoms with Gasteiger partial charge in [-0.3, -0.25) is 14.9 Å². The van der Waals surface area contributed by atoms with Crippen LogP contribution in [0.3, 0.4) is 0 Å². The maximum Gasteiger partial charge on any atom is 0.257 e. The van der Waals surface area contributed by atoms with Gasteiger partial charge in [0.05, 0.1) is 0 Å². The van der Waals surface area contributed by atoms with E-state index in [1.165, 1.54) is 11.3 Å². The van der Waals surface area contributed by atoms with Crippen LogP contribution in [0, 0.1) is 6.92 Å². The number of benzene rings is 2. The zero-order valence-corrected chi connectivity index (χ0v) is 17.2. The van der Waals surface area contributed by atoms with Crippen LogP contribution in [0.2, 0.25) is 0 Å². The van der Waals surface area contributed by atoms with Gasteiger partial charge >= 0.3 is 0 Å². The lowest BCUT2D eigenvalue weighted by atomic mass is 10.1. The Morgan fingerprint density at radius 1 is 1.17 bits per heavy atom. The first-order valence-electron chi connectivity index (χ1n) is 9.65. The van der Waals surface area contributed by atoms with Gasteiger partial charge in [0.1, 0.15) is 5.01 Å². The molecule has 6 nitrogen and oxygen atoms in total. The summed E-state index contributed by atoms with van der Waals surface area (Å²) in [5, 5.41) is 12.4. The minimum atomic E-state index is -0.202. The molecule has 0 bridgehead atoms. The third-order valence-corrected chi connectivity index (χ3v) is 6.19. The summed E-state index contributed by atoms with van der Waals surface area (Å²) >= 11 is 1.34. The third kappa shape index (κ3) is 3.91. The Kier molecular flexibility index (Phi) is 5.40. The minimum Gasteiger partial charge on any atom is -0.311 e. The van der Waals surface area contributed by atoms with E-state index in [4.69, 9.17) is 0 Å². The largest absolute Gasteiger partial charge is 0.311 e. The predicted molar refractivity (Wildman–Crippen MR) is 115 cm³/mol. The molecule has 148 valence electrons. The van der Waals surface area contributed by atoms with Crippen molar-refractivity contribution in [3.8, 4) is 0 Å². The lowest BCUT2D eigenvalue weighted by Crippen LogP contribution is -2.25. The van der Waals surface area contributed by atoms with E-state index in [0.717, 1.165) is 28.2 Å². The van der Waals surface area contributed by atoms with Crippen molar-refractivity contribution in [2.75, 3.05) is 16.8 Å². The topological polar surface area (TPSA) is 75.2 Å². The zero-order valence-electron chi connectivity index (χ0n) is 16.4. The van der Waals surface area contributed by atoms with Crippen LogP contribution >= 0.6 is 11.3 Å². The first-order chi connectivity index (χ1) is 14.1. The Bertz CT molecular complexity index is 1060. The van der Waals surface area contributed by atoms with Crippen molar-refractivity contribution in [2.45, 2.75) is 32.6 Å². The molecule has 1 aromatic heterocycles. The van der Waals surface area contributed by atoms with Crippen molar-refractivity contribution < 1.29 is 9.59 Å². The maximum absolute atomic E-state index is 12.6. The average molecular weight is 407 g/mol. The number of hydrogen-bond donors (Lipinski definition) is 1. The van der Waals surface area contributed by atoms with Gasteiger partial charge in [-0.2, -0.15) is 0 Å². The molecule has 1 N–H and O–H groups in total. The highest BCUT2D eigenvalue weighted by Crippen LogP contribution is 2.35. The van der Waals surface area contributed by atoms with E-state index >= 15 is 0 Å². The molecule has 1 aliphatic heterocycles. The molecule has 1 atom stereocenters. The van der Waals surface area contributed by atoms with Gasteiger partial charge in [0.25, 0.3) is 5.91 Å². The van der Waals surface area contributed by atoms with Crippen molar-refractivity contribution in [3.63, 3.8) is 0 Å². The average Bonchev–Trinajstić information content (AvgIpc) is 3.34. The van der Waals surface area contributed by atoms with Gasteiger partial charge in [-0.1, -0.05) is 54.7 Å². The number of carbonyl (C=O) groups excluding carboxylic acids is 2. The summed E-state index contributed by atoms with van der Waals surface area (Å²) in [6.07, 6.45) is 1.27. The molecule has 0 spiro atoms. The summed E-state index contributed by atoms with van der Waals surface area (Å²) in [5.74, 6) is -0.127. The van der Waals surface area contributed by atoms with E-state index in [-0.39, 0.29) is 17.7 Å². The Hall–Kier alpha value is -3.06. The van der Waals surface area contributed by atoms with Gasteiger partial charge < -0.3 is 4.90 Å². The molecule has 1 saturated heterocycles. The molecule has 0 aliphatic carbocycles. The maximum atomic E-state index is 12.6. The molecule has 2 aromatic carbocycles. The standard InChI is InChI=1S/C22H22N4O2S/c1-3-15-9-5-7-11-18(15)26-13-16(12-19(26)27)21-24-25-22(29-21)23-20(28)17-10-6-4-8-14(17)2/h4-11,16H,3,12-13H2,1-2H3,(H,23,25,28)/t16-/m1/s1.